The molecule has 5 rings (SSSR count). The zero-order valence-corrected chi connectivity index (χ0v) is 19.6. The Morgan fingerprint density at radius 2 is 2.00 bits per heavy atom. The lowest BCUT2D eigenvalue weighted by Gasteiger charge is -2.22. The monoisotopic (exact) mass is 488 g/mol. The summed E-state index contributed by atoms with van der Waals surface area (Å²) in [5.74, 6) is -0.0970. The Balaban J connectivity index is 1.52. The van der Waals surface area contributed by atoms with E-state index < -0.39 is 6.04 Å². The number of hydrazone groups is 1. The minimum absolute atomic E-state index is 0.133. The first-order valence-corrected chi connectivity index (χ1v) is 11.9. The van der Waals surface area contributed by atoms with E-state index in [1.807, 2.05) is 48.5 Å². The molecule has 0 aliphatic carbocycles. The summed E-state index contributed by atoms with van der Waals surface area (Å²) in [6.07, 6.45) is 3.90. The molecule has 170 valence electrons. The molecule has 1 aliphatic rings. The highest BCUT2D eigenvalue weighted by Gasteiger charge is 2.35. The molecular weight excluding hydrogens is 468 g/mol. The van der Waals surface area contributed by atoms with Gasteiger partial charge in [0.15, 0.2) is 0 Å². The topological polar surface area (TPSA) is 91.8 Å². The van der Waals surface area contributed by atoms with Gasteiger partial charge in [0.1, 0.15) is 5.75 Å². The molecule has 4 aromatic rings. The molecule has 1 aliphatic heterocycles. The highest BCUT2D eigenvalue weighted by molar-refractivity contribution is 7.17. The predicted molar refractivity (Wildman–Crippen MR) is 135 cm³/mol. The van der Waals surface area contributed by atoms with Crippen LogP contribution in [-0.2, 0) is 6.54 Å². The lowest BCUT2D eigenvalue weighted by molar-refractivity contribution is 0.0714. The molecule has 2 aromatic heterocycles. The van der Waals surface area contributed by atoms with Crippen molar-refractivity contribution in [2.75, 3.05) is 0 Å². The fraction of sp³-hybridized carbons (Fsp3) is 0.115. The van der Waals surface area contributed by atoms with Gasteiger partial charge in [0, 0.05) is 46.4 Å². The zero-order valence-electron chi connectivity index (χ0n) is 18.1. The van der Waals surface area contributed by atoms with Crippen molar-refractivity contribution in [3.05, 3.63) is 106 Å². The van der Waals surface area contributed by atoms with Gasteiger partial charge < -0.3 is 10.8 Å². The molecule has 1 amide bonds. The van der Waals surface area contributed by atoms with Crippen LogP contribution in [0.25, 0.3) is 10.4 Å². The van der Waals surface area contributed by atoms with E-state index >= 15 is 0 Å². The van der Waals surface area contributed by atoms with E-state index in [-0.39, 0.29) is 11.7 Å². The summed E-state index contributed by atoms with van der Waals surface area (Å²) in [4.78, 5) is 19.3. The quantitative estimate of drug-likeness (QED) is 0.381. The smallest absolute Gasteiger partial charge is 0.284 e. The van der Waals surface area contributed by atoms with Gasteiger partial charge in [-0.2, -0.15) is 5.10 Å². The predicted octanol–water partition coefficient (Wildman–Crippen LogP) is 5.62. The molecule has 3 N–H and O–H groups in total. The van der Waals surface area contributed by atoms with Gasteiger partial charge in [0.2, 0.25) is 0 Å². The van der Waals surface area contributed by atoms with Gasteiger partial charge in [0.05, 0.1) is 16.6 Å². The highest BCUT2D eigenvalue weighted by Crippen LogP contribution is 2.39. The van der Waals surface area contributed by atoms with Gasteiger partial charge in [-0.25, -0.2) is 5.01 Å². The van der Waals surface area contributed by atoms with Crippen LogP contribution in [-0.4, -0.2) is 26.7 Å². The number of hydrogen-bond donors (Lipinski definition) is 2. The number of benzene rings is 2. The third kappa shape index (κ3) is 4.21. The van der Waals surface area contributed by atoms with Gasteiger partial charge in [-0.05, 0) is 47.5 Å². The maximum atomic E-state index is 13.7. The van der Waals surface area contributed by atoms with Gasteiger partial charge in [-0.1, -0.05) is 41.9 Å². The van der Waals surface area contributed by atoms with Gasteiger partial charge >= 0.3 is 0 Å². The molecule has 0 saturated heterocycles. The van der Waals surface area contributed by atoms with Gasteiger partial charge in [-0.3, -0.25) is 9.78 Å². The number of phenols is 1. The number of nitrogens with two attached hydrogens (primary N) is 1. The average Bonchev–Trinajstić information content (AvgIpc) is 3.53. The van der Waals surface area contributed by atoms with E-state index in [4.69, 9.17) is 17.3 Å². The number of amides is 1. The largest absolute Gasteiger partial charge is 0.508 e. The molecule has 1 atom stereocenters. The first-order chi connectivity index (χ1) is 16.5. The number of para-hydroxylation sites is 1. The number of carbonyl (C=O) groups excluding carboxylic acids is 1. The Hall–Kier alpha value is -3.52. The van der Waals surface area contributed by atoms with Crippen molar-refractivity contribution in [1.29, 1.82) is 0 Å². The zero-order chi connectivity index (χ0) is 23.7. The maximum absolute atomic E-state index is 13.7. The van der Waals surface area contributed by atoms with Crippen LogP contribution in [0.1, 0.15) is 38.8 Å². The number of hydrogen-bond acceptors (Lipinski definition) is 6. The third-order valence-corrected chi connectivity index (χ3v) is 7.12. The Kier molecular flexibility index (Phi) is 6.15. The fourth-order valence-electron chi connectivity index (χ4n) is 4.10. The summed E-state index contributed by atoms with van der Waals surface area (Å²) >= 11 is 7.50. The average molecular weight is 489 g/mol. The molecule has 8 heteroatoms. The van der Waals surface area contributed by atoms with Crippen molar-refractivity contribution >= 4 is 34.6 Å². The van der Waals surface area contributed by atoms with Crippen LogP contribution < -0.4 is 5.73 Å². The molecule has 0 saturated carbocycles. The van der Waals surface area contributed by atoms with Gasteiger partial charge in [0.25, 0.3) is 5.91 Å². The Labute approximate surface area is 206 Å². The number of aromatic nitrogens is 1. The van der Waals surface area contributed by atoms with Gasteiger partial charge in [-0.15, -0.1) is 11.3 Å². The molecule has 2 aromatic carbocycles. The number of thiophene rings is 1. The molecule has 0 radical (unpaired) electrons. The Morgan fingerprint density at radius 3 is 2.76 bits per heavy atom. The first-order valence-electron chi connectivity index (χ1n) is 10.7. The molecule has 0 bridgehead atoms. The summed E-state index contributed by atoms with van der Waals surface area (Å²) in [5, 5.41) is 17.3. The van der Waals surface area contributed by atoms with Crippen LogP contribution >= 0.6 is 22.9 Å². The summed E-state index contributed by atoms with van der Waals surface area (Å²) in [5.41, 5.74) is 10.0. The third-order valence-electron chi connectivity index (χ3n) is 5.78. The van der Waals surface area contributed by atoms with E-state index in [1.54, 1.807) is 30.6 Å². The number of nitrogens with zero attached hydrogens (tertiary/aromatic N) is 3. The van der Waals surface area contributed by atoms with Crippen molar-refractivity contribution in [2.45, 2.75) is 19.0 Å². The van der Waals surface area contributed by atoms with Crippen LogP contribution in [0.5, 0.6) is 5.75 Å². The number of pyridine rings is 1. The number of aromatic hydroxyl groups is 1. The van der Waals surface area contributed by atoms with E-state index in [0.29, 0.717) is 28.4 Å². The number of rotatable bonds is 5. The summed E-state index contributed by atoms with van der Waals surface area (Å²) in [6, 6.07) is 19.7. The second-order valence-electron chi connectivity index (χ2n) is 7.89. The van der Waals surface area contributed by atoms with Crippen LogP contribution in [0, 0.1) is 0 Å². The molecule has 3 heterocycles. The second kappa shape index (κ2) is 9.38. The molecule has 0 fully saturated rings. The maximum Gasteiger partial charge on any atom is 0.284 e. The number of carbonyl (C=O) groups is 1. The fourth-order valence-corrected chi connectivity index (χ4v) is 5.29. The van der Waals surface area contributed by atoms with Crippen LogP contribution in [0.4, 0.5) is 0 Å². The van der Waals surface area contributed by atoms with E-state index in [2.05, 4.69) is 10.1 Å². The van der Waals surface area contributed by atoms with E-state index in [1.165, 1.54) is 16.3 Å². The van der Waals surface area contributed by atoms with E-state index in [0.717, 1.165) is 27.3 Å². The Morgan fingerprint density at radius 1 is 1.15 bits per heavy atom. The van der Waals surface area contributed by atoms with Crippen molar-refractivity contribution in [1.82, 2.24) is 9.99 Å². The van der Waals surface area contributed by atoms with Crippen molar-refractivity contribution < 1.29 is 9.90 Å². The standard InChI is InChI=1S/C26H21ClN4O2S/c27-18-7-8-19(17(12-18)14-28)24-9-10-25(34-24)26(33)31-22(20-5-1-2-6-23(20)32)13-21(30-31)16-4-3-11-29-15-16/h1-12,15,22,32H,13-14,28H2. The normalized spacial score (nSPS) is 15.4. The molecule has 34 heavy (non-hydrogen) atoms. The summed E-state index contributed by atoms with van der Waals surface area (Å²) in [6.45, 7) is 0.345. The van der Waals surface area contributed by atoms with Crippen molar-refractivity contribution in [3.8, 4) is 16.2 Å². The second-order valence-corrected chi connectivity index (χ2v) is 9.41. The van der Waals surface area contributed by atoms with Crippen molar-refractivity contribution in [3.63, 3.8) is 0 Å². The number of halogens is 1. The minimum Gasteiger partial charge on any atom is -0.508 e. The van der Waals surface area contributed by atoms with Crippen LogP contribution in [0.2, 0.25) is 5.02 Å². The van der Waals surface area contributed by atoms with Crippen molar-refractivity contribution in [2.24, 2.45) is 10.8 Å². The van der Waals surface area contributed by atoms with E-state index in [9.17, 15) is 9.90 Å². The van der Waals surface area contributed by atoms with Crippen LogP contribution in [0.3, 0.4) is 0 Å². The SMILES string of the molecule is NCc1cc(Cl)ccc1-c1ccc(C(=O)N2N=C(c3cccnc3)CC2c2ccccc2O)s1. The molecule has 6 nitrogen and oxygen atoms in total. The summed E-state index contributed by atoms with van der Waals surface area (Å²) in [7, 11) is 0. The number of phenolic OH excluding ortho intramolecular Hbond substituents is 1. The molecule has 0 spiro atoms. The highest BCUT2D eigenvalue weighted by atomic mass is 35.5. The Bertz CT molecular complexity index is 1390. The molecular formula is C26H21ClN4O2S. The minimum atomic E-state index is -0.426. The van der Waals surface area contributed by atoms with Crippen LogP contribution in [0.15, 0.2) is 84.2 Å². The lowest BCUT2D eigenvalue weighted by Crippen LogP contribution is -2.26. The summed E-state index contributed by atoms with van der Waals surface area (Å²) < 4.78 is 0. The lowest BCUT2D eigenvalue weighted by atomic mass is 9.98. The molecule has 1 unspecified atom stereocenters. The first kappa shape index (κ1) is 22.3.